The Hall–Kier alpha value is -2.41. The van der Waals surface area contributed by atoms with Gasteiger partial charge >= 0.3 is 0 Å². The molecular weight excluding hydrogens is 349 g/mol. The number of carbonyl (C=O) groups excluding carboxylic acids is 1. The predicted octanol–water partition coefficient (Wildman–Crippen LogP) is 2.54. The lowest BCUT2D eigenvalue weighted by Gasteiger charge is -2.38. The molecule has 0 bridgehead atoms. The Balaban J connectivity index is 1.39. The molecule has 2 heterocycles. The zero-order valence-electron chi connectivity index (χ0n) is 15.6. The summed E-state index contributed by atoms with van der Waals surface area (Å²) in [7, 11) is 0. The van der Waals surface area contributed by atoms with E-state index in [1.165, 1.54) is 6.07 Å². The number of aryl methyl sites for hydroxylation is 1. The highest BCUT2D eigenvalue weighted by Crippen LogP contribution is 2.25. The molecule has 1 amide bonds. The number of imidazole rings is 1. The Bertz CT molecular complexity index is 769. The fourth-order valence-corrected chi connectivity index (χ4v) is 3.34. The minimum atomic E-state index is -0.809. The van der Waals surface area contributed by atoms with Crippen molar-refractivity contribution < 1.29 is 19.0 Å². The third-order valence-electron chi connectivity index (χ3n) is 5.06. The number of para-hydroxylation sites is 1. The zero-order chi connectivity index (χ0) is 19.3. The second-order valence-electron chi connectivity index (χ2n) is 7.09. The maximum Gasteiger partial charge on any atom is 0.222 e. The molecule has 2 aromatic rings. The van der Waals surface area contributed by atoms with E-state index < -0.39 is 11.4 Å². The van der Waals surface area contributed by atoms with E-state index in [4.69, 9.17) is 4.74 Å². The molecule has 7 heteroatoms. The van der Waals surface area contributed by atoms with Crippen LogP contribution < -0.4 is 4.74 Å². The van der Waals surface area contributed by atoms with Gasteiger partial charge in [-0.3, -0.25) is 4.79 Å². The average molecular weight is 375 g/mol. The molecule has 0 spiro atoms. The number of carbonyl (C=O) groups is 1. The normalized spacial score (nSPS) is 16.3. The molecule has 1 aliphatic heterocycles. The molecule has 146 valence electrons. The number of nitrogens with zero attached hydrogens (tertiary/aromatic N) is 3. The van der Waals surface area contributed by atoms with Gasteiger partial charge in [-0.2, -0.15) is 0 Å². The summed E-state index contributed by atoms with van der Waals surface area (Å²) in [5.41, 5.74) is -0.809. The molecule has 1 N–H and O–H groups in total. The van der Waals surface area contributed by atoms with Gasteiger partial charge in [0.2, 0.25) is 5.91 Å². The van der Waals surface area contributed by atoms with Crippen LogP contribution in [0, 0.1) is 12.7 Å². The predicted molar refractivity (Wildman–Crippen MR) is 98.9 cm³/mol. The highest BCUT2D eigenvalue weighted by molar-refractivity contribution is 5.76. The van der Waals surface area contributed by atoms with E-state index in [1.807, 2.05) is 17.7 Å². The number of benzene rings is 1. The molecule has 6 nitrogen and oxygen atoms in total. The molecule has 0 radical (unpaired) electrons. The van der Waals surface area contributed by atoms with Crippen LogP contribution in [-0.4, -0.2) is 50.8 Å². The van der Waals surface area contributed by atoms with Crippen LogP contribution in [0.25, 0.3) is 0 Å². The lowest BCUT2D eigenvalue weighted by atomic mass is 9.91. The Morgan fingerprint density at radius 3 is 2.74 bits per heavy atom. The van der Waals surface area contributed by atoms with E-state index in [1.54, 1.807) is 29.3 Å². The summed E-state index contributed by atoms with van der Waals surface area (Å²) in [6.07, 6.45) is 5.56. The number of aliphatic hydroxyl groups is 1. The average Bonchev–Trinajstić information content (AvgIpc) is 3.04. The fourth-order valence-electron chi connectivity index (χ4n) is 3.34. The van der Waals surface area contributed by atoms with E-state index in [0.717, 1.165) is 5.82 Å². The Kier molecular flexibility index (Phi) is 6.11. The number of amides is 1. The van der Waals surface area contributed by atoms with Gasteiger partial charge in [0.25, 0.3) is 0 Å². The summed E-state index contributed by atoms with van der Waals surface area (Å²) in [6.45, 7) is 3.78. The van der Waals surface area contributed by atoms with Crippen LogP contribution in [0.15, 0.2) is 36.7 Å². The first-order valence-electron chi connectivity index (χ1n) is 9.32. The van der Waals surface area contributed by atoms with E-state index in [0.29, 0.717) is 51.9 Å². The molecule has 1 fully saturated rings. The first-order valence-corrected chi connectivity index (χ1v) is 9.32. The molecule has 0 aliphatic carbocycles. The van der Waals surface area contributed by atoms with Crippen molar-refractivity contribution in [2.75, 3.05) is 19.7 Å². The van der Waals surface area contributed by atoms with E-state index in [2.05, 4.69) is 4.98 Å². The van der Waals surface area contributed by atoms with Gasteiger partial charge in [-0.05, 0) is 38.3 Å². The maximum atomic E-state index is 13.5. The molecule has 1 aromatic heterocycles. The van der Waals surface area contributed by atoms with Gasteiger partial charge in [0.05, 0.1) is 18.8 Å². The number of hydrogen-bond acceptors (Lipinski definition) is 4. The Labute approximate surface area is 158 Å². The molecule has 0 atom stereocenters. The summed E-state index contributed by atoms with van der Waals surface area (Å²) in [6, 6.07) is 6.24. The Morgan fingerprint density at radius 2 is 2.07 bits per heavy atom. The largest absolute Gasteiger partial charge is 0.491 e. The smallest absolute Gasteiger partial charge is 0.222 e. The van der Waals surface area contributed by atoms with Gasteiger partial charge in [0, 0.05) is 31.9 Å². The van der Waals surface area contributed by atoms with Crippen molar-refractivity contribution in [2.45, 2.75) is 44.8 Å². The third kappa shape index (κ3) is 5.07. The van der Waals surface area contributed by atoms with Crippen molar-refractivity contribution >= 4 is 5.91 Å². The number of hydrogen-bond donors (Lipinski definition) is 1. The Morgan fingerprint density at radius 1 is 1.33 bits per heavy atom. The molecule has 3 rings (SSSR count). The van der Waals surface area contributed by atoms with Gasteiger partial charge in [-0.25, -0.2) is 9.37 Å². The third-order valence-corrected chi connectivity index (χ3v) is 5.06. The summed E-state index contributed by atoms with van der Waals surface area (Å²) >= 11 is 0. The molecular formula is C20H26FN3O3. The fraction of sp³-hybridized carbons (Fsp3) is 0.500. The van der Waals surface area contributed by atoms with Crippen LogP contribution in [0.3, 0.4) is 0 Å². The molecule has 27 heavy (non-hydrogen) atoms. The lowest BCUT2D eigenvalue weighted by molar-refractivity contribution is -0.136. The van der Waals surface area contributed by atoms with Crippen LogP contribution in [0.5, 0.6) is 5.75 Å². The topological polar surface area (TPSA) is 67.6 Å². The summed E-state index contributed by atoms with van der Waals surface area (Å²) in [5, 5.41) is 10.8. The van der Waals surface area contributed by atoms with Crippen molar-refractivity contribution in [3.8, 4) is 5.75 Å². The number of halogens is 1. The first kappa shape index (κ1) is 19.4. The number of rotatable bonds is 7. The van der Waals surface area contributed by atoms with Crippen LogP contribution in [0.2, 0.25) is 0 Å². The van der Waals surface area contributed by atoms with Gasteiger partial charge in [-0.15, -0.1) is 0 Å². The summed E-state index contributed by atoms with van der Waals surface area (Å²) in [5.74, 6) is 0.736. The first-order chi connectivity index (χ1) is 13.0. The van der Waals surface area contributed by atoms with Crippen LogP contribution in [-0.2, 0) is 11.3 Å². The van der Waals surface area contributed by atoms with Crippen molar-refractivity contribution in [1.29, 1.82) is 0 Å². The number of aromatic nitrogens is 2. The number of piperidine rings is 1. The van der Waals surface area contributed by atoms with Gasteiger partial charge < -0.3 is 19.3 Å². The molecule has 0 saturated carbocycles. The molecule has 1 aliphatic rings. The van der Waals surface area contributed by atoms with Crippen molar-refractivity contribution in [3.63, 3.8) is 0 Å². The summed E-state index contributed by atoms with van der Waals surface area (Å²) < 4.78 is 20.8. The highest BCUT2D eigenvalue weighted by Gasteiger charge is 2.34. The van der Waals surface area contributed by atoms with E-state index in [-0.39, 0.29) is 11.7 Å². The van der Waals surface area contributed by atoms with Crippen LogP contribution in [0.1, 0.15) is 31.5 Å². The number of ether oxygens (including phenoxy) is 1. The van der Waals surface area contributed by atoms with Gasteiger partial charge in [-0.1, -0.05) is 12.1 Å². The molecule has 1 saturated heterocycles. The second kappa shape index (κ2) is 8.52. The van der Waals surface area contributed by atoms with Gasteiger partial charge in [0.15, 0.2) is 11.6 Å². The van der Waals surface area contributed by atoms with Gasteiger partial charge in [0.1, 0.15) is 5.82 Å². The van der Waals surface area contributed by atoms with Crippen LogP contribution >= 0.6 is 0 Å². The van der Waals surface area contributed by atoms with E-state index in [9.17, 15) is 14.3 Å². The zero-order valence-corrected chi connectivity index (χ0v) is 15.6. The van der Waals surface area contributed by atoms with Crippen molar-refractivity contribution in [3.05, 3.63) is 48.3 Å². The molecule has 0 unspecified atom stereocenters. The number of likely N-dealkylation sites (tertiary alicyclic amines) is 1. The standard InChI is InChI=1S/C20H26FN3O3/c1-16-22-10-13-24(16)15-20(26)8-11-23(12-9-20)19(25)7-4-14-27-18-6-3-2-5-17(18)21/h2-3,5-6,10,13,26H,4,7-9,11-12,14-15H2,1H3. The minimum absolute atomic E-state index is 0.0491. The minimum Gasteiger partial charge on any atom is -0.491 e. The van der Waals surface area contributed by atoms with Crippen molar-refractivity contribution in [1.82, 2.24) is 14.5 Å². The maximum absolute atomic E-state index is 13.5. The monoisotopic (exact) mass is 375 g/mol. The SMILES string of the molecule is Cc1nccn1CC1(O)CCN(C(=O)CCCOc2ccccc2F)CC1. The highest BCUT2D eigenvalue weighted by atomic mass is 19.1. The molecule has 1 aromatic carbocycles. The lowest BCUT2D eigenvalue weighted by Crippen LogP contribution is -2.48. The van der Waals surface area contributed by atoms with E-state index >= 15 is 0 Å². The quantitative estimate of drug-likeness (QED) is 0.755. The second-order valence-corrected chi connectivity index (χ2v) is 7.09. The summed E-state index contributed by atoms with van der Waals surface area (Å²) in [4.78, 5) is 18.3. The van der Waals surface area contributed by atoms with Crippen LogP contribution in [0.4, 0.5) is 4.39 Å². The van der Waals surface area contributed by atoms with Crippen molar-refractivity contribution in [2.24, 2.45) is 0 Å².